The van der Waals surface area contributed by atoms with Crippen LogP contribution in [0.2, 0.25) is 0 Å². The van der Waals surface area contributed by atoms with Gasteiger partial charge >= 0.3 is 13.8 Å². The molecule has 2 unspecified atom stereocenters. The summed E-state index contributed by atoms with van der Waals surface area (Å²) >= 11 is 0. The Balaban J connectivity index is 4.42. The second kappa shape index (κ2) is 41.6. The number of nitrogens with zero attached hydrogens (tertiary/aromatic N) is 1. The number of esters is 1. The third-order valence-corrected chi connectivity index (χ3v) is 9.50. The fourth-order valence-corrected chi connectivity index (χ4v) is 5.87. The molecule has 1 N–H and O–H groups in total. The van der Waals surface area contributed by atoms with E-state index in [0.717, 1.165) is 103 Å². The van der Waals surface area contributed by atoms with Crippen LogP contribution < -0.4 is 0 Å². The van der Waals surface area contributed by atoms with Gasteiger partial charge in [-0.3, -0.25) is 13.8 Å². The molecule has 0 aromatic heterocycles. The Kier molecular flexibility index (Phi) is 39.4. The van der Waals surface area contributed by atoms with Crippen LogP contribution in [0.4, 0.5) is 0 Å². The van der Waals surface area contributed by atoms with Crippen molar-refractivity contribution in [2.45, 2.75) is 136 Å². The molecule has 0 heterocycles. The maximum atomic E-state index is 12.7. The van der Waals surface area contributed by atoms with E-state index in [9.17, 15) is 14.3 Å². The molecular formula is C50H83NO7P+. The fraction of sp³-hybridized carbons (Fsp3) is 0.580. The molecule has 8 nitrogen and oxygen atoms in total. The molecule has 0 aliphatic carbocycles. The fourth-order valence-electron chi connectivity index (χ4n) is 5.13. The highest BCUT2D eigenvalue weighted by Crippen LogP contribution is 2.43. The summed E-state index contributed by atoms with van der Waals surface area (Å²) in [5, 5.41) is 0. The summed E-state index contributed by atoms with van der Waals surface area (Å²) in [6, 6.07) is 0. The smallest absolute Gasteiger partial charge is 0.457 e. The first-order valence-electron chi connectivity index (χ1n) is 22.3. The highest BCUT2D eigenvalue weighted by atomic mass is 31.2. The molecule has 0 rings (SSSR count). The van der Waals surface area contributed by atoms with Crippen LogP contribution in [-0.4, -0.2) is 75.6 Å². The average molecular weight is 841 g/mol. The SMILES string of the molecule is CC/C=C\C/C=C\C/C=C\C/C=C\C/C=C\C/C=C\CCCCC(=O)OC(COCCCCC/C=C\C/C=C\C/C=C\C/C=C\CC)COP(=O)(O)OCC[N+](C)(C)C. The number of carbonyl (C=O) groups is 1. The van der Waals surface area contributed by atoms with E-state index in [1.165, 1.54) is 0 Å². The van der Waals surface area contributed by atoms with Gasteiger partial charge in [0.15, 0.2) is 0 Å². The van der Waals surface area contributed by atoms with Crippen molar-refractivity contribution in [1.82, 2.24) is 0 Å². The van der Waals surface area contributed by atoms with E-state index in [0.29, 0.717) is 24.1 Å². The number of carbonyl (C=O) groups excluding carboxylic acids is 1. The Morgan fingerprint density at radius 2 is 0.932 bits per heavy atom. The minimum absolute atomic E-state index is 0.0654. The molecule has 2 atom stereocenters. The second-order valence-corrected chi connectivity index (χ2v) is 16.8. The standard InChI is InChI=1S/C50H82NO7P/c1-6-8-10-12-14-16-18-20-22-24-25-26-27-28-29-31-33-35-37-39-41-43-50(52)58-49(48-57-59(53,54)56-46-44-51(3,4)5)47-55-45-42-40-38-36-34-32-30-23-21-19-17-15-13-11-9-7-2/h8-11,14-17,20-23,25-26,28-29,32-35,49H,6-7,12-13,18-19,24,27,30-31,36-48H2,1-5H3/p+1/b10-8-,11-9-,16-14-,17-15-,22-20-,23-21-,26-25-,29-28-,34-32-,35-33-. The van der Waals surface area contributed by atoms with Crippen molar-refractivity contribution in [3.05, 3.63) is 122 Å². The maximum absolute atomic E-state index is 12.7. The Bertz CT molecular complexity index is 1350. The lowest BCUT2D eigenvalue weighted by Gasteiger charge is -2.24. The van der Waals surface area contributed by atoms with E-state index in [-0.39, 0.29) is 32.2 Å². The molecule has 0 aromatic rings. The summed E-state index contributed by atoms with van der Waals surface area (Å²) in [7, 11) is 1.59. The third-order valence-electron chi connectivity index (χ3n) is 8.52. The number of rotatable bonds is 39. The number of allylic oxidation sites excluding steroid dienone is 20. The van der Waals surface area contributed by atoms with E-state index in [4.69, 9.17) is 18.5 Å². The second-order valence-electron chi connectivity index (χ2n) is 15.3. The van der Waals surface area contributed by atoms with Crippen molar-refractivity contribution in [3.8, 4) is 0 Å². The number of unbranched alkanes of at least 4 members (excludes halogenated alkanes) is 5. The zero-order chi connectivity index (χ0) is 43.4. The van der Waals surface area contributed by atoms with Crippen LogP contribution in [0, 0.1) is 0 Å². The molecule has 0 radical (unpaired) electrons. The lowest BCUT2D eigenvalue weighted by molar-refractivity contribution is -0.870. The molecular weight excluding hydrogens is 758 g/mol. The molecule has 0 spiro atoms. The molecule has 59 heavy (non-hydrogen) atoms. The van der Waals surface area contributed by atoms with E-state index in [2.05, 4.69) is 135 Å². The molecule has 0 saturated heterocycles. The van der Waals surface area contributed by atoms with Gasteiger partial charge < -0.3 is 18.9 Å². The minimum Gasteiger partial charge on any atom is -0.457 e. The van der Waals surface area contributed by atoms with Gasteiger partial charge in [-0.15, -0.1) is 0 Å². The predicted octanol–water partition coefficient (Wildman–Crippen LogP) is 13.4. The summed E-state index contributed by atoms with van der Waals surface area (Å²) in [6.07, 6.45) is 59.6. The summed E-state index contributed by atoms with van der Waals surface area (Å²) in [6.45, 7) is 5.20. The quantitative estimate of drug-likeness (QED) is 0.0217. The van der Waals surface area contributed by atoms with Gasteiger partial charge in [-0.25, -0.2) is 4.57 Å². The first kappa shape index (κ1) is 55.9. The van der Waals surface area contributed by atoms with Crippen LogP contribution in [0.5, 0.6) is 0 Å². The number of ether oxygens (including phenoxy) is 2. The zero-order valence-corrected chi connectivity index (χ0v) is 38.6. The van der Waals surface area contributed by atoms with E-state index in [1.807, 2.05) is 21.1 Å². The van der Waals surface area contributed by atoms with Crippen LogP contribution in [-0.2, 0) is 27.9 Å². The molecule has 0 saturated carbocycles. The molecule has 9 heteroatoms. The predicted molar refractivity (Wildman–Crippen MR) is 251 cm³/mol. The lowest BCUT2D eigenvalue weighted by atomic mass is 10.2. The summed E-state index contributed by atoms with van der Waals surface area (Å²) in [5.41, 5.74) is 0. The zero-order valence-electron chi connectivity index (χ0n) is 37.7. The van der Waals surface area contributed by atoms with Gasteiger partial charge in [0.25, 0.3) is 0 Å². The summed E-state index contributed by atoms with van der Waals surface area (Å²) in [5.74, 6) is -0.374. The first-order valence-corrected chi connectivity index (χ1v) is 23.8. The lowest BCUT2D eigenvalue weighted by Crippen LogP contribution is -2.37. The van der Waals surface area contributed by atoms with Crippen molar-refractivity contribution in [2.24, 2.45) is 0 Å². The number of likely N-dealkylation sites (N-methyl/N-ethyl adjacent to an activating group) is 1. The highest BCUT2D eigenvalue weighted by Gasteiger charge is 2.26. The van der Waals surface area contributed by atoms with Crippen molar-refractivity contribution in [2.75, 3.05) is 54.1 Å². The highest BCUT2D eigenvalue weighted by molar-refractivity contribution is 7.47. The number of hydrogen-bond acceptors (Lipinski definition) is 6. The van der Waals surface area contributed by atoms with Gasteiger partial charge in [-0.05, 0) is 103 Å². The molecule has 334 valence electrons. The van der Waals surface area contributed by atoms with Gasteiger partial charge in [0.2, 0.25) is 0 Å². The van der Waals surface area contributed by atoms with E-state index < -0.39 is 13.9 Å². The topological polar surface area (TPSA) is 91.3 Å². The van der Waals surface area contributed by atoms with Crippen molar-refractivity contribution in [1.29, 1.82) is 0 Å². The molecule has 0 bridgehead atoms. The largest absolute Gasteiger partial charge is 0.472 e. The number of phosphoric ester groups is 1. The summed E-state index contributed by atoms with van der Waals surface area (Å²) in [4.78, 5) is 22.9. The van der Waals surface area contributed by atoms with Gasteiger partial charge in [-0.1, -0.05) is 142 Å². The van der Waals surface area contributed by atoms with Gasteiger partial charge in [0.1, 0.15) is 19.3 Å². The average Bonchev–Trinajstić information content (AvgIpc) is 3.19. The normalized spacial score (nSPS) is 14.9. The minimum atomic E-state index is -4.31. The Morgan fingerprint density at radius 1 is 0.525 bits per heavy atom. The number of quaternary nitrogens is 1. The van der Waals surface area contributed by atoms with Crippen molar-refractivity contribution >= 4 is 13.8 Å². The molecule has 0 aromatic carbocycles. The third kappa shape index (κ3) is 45.8. The first-order chi connectivity index (χ1) is 28.6. The molecule has 0 amide bonds. The van der Waals surface area contributed by atoms with Crippen LogP contribution in [0.3, 0.4) is 0 Å². The monoisotopic (exact) mass is 841 g/mol. The van der Waals surface area contributed by atoms with Crippen LogP contribution >= 0.6 is 7.82 Å². The van der Waals surface area contributed by atoms with Gasteiger partial charge in [0, 0.05) is 13.0 Å². The van der Waals surface area contributed by atoms with Crippen molar-refractivity contribution < 1.29 is 37.3 Å². The van der Waals surface area contributed by atoms with E-state index in [1.54, 1.807) is 0 Å². The molecule has 0 aliphatic rings. The maximum Gasteiger partial charge on any atom is 0.472 e. The van der Waals surface area contributed by atoms with Crippen LogP contribution in [0.25, 0.3) is 0 Å². The van der Waals surface area contributed by atoms with Crippen LogP contribution in [0.15, 0.2) is 122 Å². The Hall–Kier alpha value is -3.10. The Morgan fingerprint density at radius 3 is 1.36 bits per heavy atom. The number of hydrogen-bond donors (Lipinski definition) is 1. The van der Waals surface area contributed by atoms with Gasteiger partial charge in [0.05, 0.1) is 34.4 Å². The van der Waals surface area contributed by atoms with Crippen molar-refractivity contribution in [3.63, 3.8) is 0 Å². The number of phosphoric acid groups is 1. The summed E-state index contributed by atoms with van der Waals surface area (Å²) < 4.78 is 34.9. The molecule has 0 aliphatic heterocycles. The molecule has 0 fully saturated rings. The van der Waals surface area contributed by atoms with Crippen LogP contribution in [0.1, 0.15) is 129 Å². The Labute approximate surface area is 361 Å². The van der Waals surface area contributed by atoms with E-state index >= 15 is 0 Å². The van der Waals surface area contributed by atoms with Gasteiger partial charge in [-0.2, -0.15) is 0 Å².